The summed E-state index contributed by atoms with van der Waals surface area (Å²) in [5.74, 6) is 0.0753. The second-order valence-corrected chi connectivity index (χ2v) is 8.08. The molecule has 0 saturated carbocycles. The molecule has 0 aromatic rings. The number of nitrogens with one attached hydrogen (secondary N) is 1. The Balaban J connectivity index is 4.09. The molecule has 7 heteroatoms. The van der Waals surface area contributed by atoms with Crippen LogP contribution < -0.4 is 11.1 Å². The minimum absolute atomic E-state index is 0.0640. The Kier molecular flexibility index (Phi) is 18.0. The van der Waals surface area contributed by atoms with E-state index in [1.165, 1.54) is 44.9 Å². The first-order valence-corrected chi connectivity index (χ1v) is 11.9. The highest BCUT2D eigenvalue weighted by Gasteiger charge is 2.21. The van der Waals surface area contributed by atoms with Crippen LogP contribution in [0.25, 0.3) is 0 Å². The van der Waals surface area contributed by atoms with Crippen molar-refractivity contribution in [2.75, 3.05) is 27.2 Å². The van der Waals surface area contributed by atoms with Gasteiger partial charge in [-0.15, -0.1) is 0 Å². The van der Waals surface area contributed by atoms with Gasteiger partial charge in [-0.05, 0) is 32.6 Å². The molecule has 1 atom stereocenters. The molecule has 0 bridgehead atoms. The van der Waals surface area contributed by atoms with Crippen molar-refractivity contribution in [1.29, 1.82) is 0 Å². The van der Waals surface area contributed by atoms with E-state index >= 15 is 0 Å². The SMILES string of the molecule is CCCCCCCCCCCC(=O)NC(CCCCN=C(N)N(C)C)C(=O)OCC. The number of esters is 1. The van der Waals surface area contributed by atoms with Crippen molar-refractivity contribution in [3.63, 3.8) is 0 Å². The molecule has 1 unspecified atom stereocenters. The molecule has 0 saturated heterocycles. The summed E-state index contributed by atoms with van der Waals surface area (Å²) in [4.78, 5) is 30.5. The van der Waals surface area contributed by atoms with E-state index in [1.807, 2.05) is 14.1 Å². The molecule has 0 aliphatic carbocycles. The Labute approximate surface area is 184 Å². The summed E-state index contributed by atoms with van der Waals surface area (Å²) in [7, 11) is 3.69. The average Bonchev–Trinajstić information content (AvgIpc) is 2.71. The molecule has 0 aromatic carbocycles. The minimum atomic E-state index is -0.578. The summed E-state index contributed by atoms with van der Waals surface area (Å²) in [6.45, 7) is 4.92. The van der Waals surface area contributed by atoms with Gasteiger partial charge in [0, 0.05) is 27.1 Å². The molecular formula is C23H46N4O3. The van der Waals surface area contributed by atoms with Crippen molar-refractivity contribution >= 4 is 17.8 Å². The zero-order valence-corrected chi connectivity index (χ0v) is 19.9. The zero-order chi connectivity index (χ0) is 22.6. The number of carbonyl (C=O) groups excluding carboxylic acids is 2. The van der Waals surface area contributed by atoms with Gasteiger partial charge in [0.2, 0.25) is 5.91 Å². The Morgan fingerprint density at radius 2 is 1.53 bits per heavy atom. The molecule has 1 amide bonds. The van der Waals surface area contributed by atoms with E-state index in [4.69, 9.17) is 10.5 Å². The van der Waals surface area contributed by atoms with Crippen LogP contribution in [0.5, 0.6) is 0 Å². The fourth-order valence-corrected chi connectivity index (χ4v) is 3.15. The molecule has 30 heavy (non-hydrogen) atoms. The molecule has 0 rings (SSSR count). The van der Waals surface area contributed by atoms with Crippen molar-refractivity contribution in [1.82, 2.24) is 10.2 Å². The minimum Gasteiger partial charge on any atom is -0.464 e. The van der Waals surface area contributed by atoms with Gasteiger partial charge in [-0.3, -0.25) is 9.79 Å². The first-order valence-electron chi connectivity index (χ1n) is 11.9. The van der Waals surface area contributed by atoms with Crippen molar-refractivity contribution < 1.29 is 14.3 Å². The Hall–Kier alpha value is -1.79. The van der Waals surface area contributed by atoms with Gasteiger partial charge in [0.1, 0.15) is 6.04 Å². The second kappa shape index (κ2) is 19.2. The topological polar surface area (TPSA) is 97.0 Å². The number of hydrogen-bond donors (Lipinski definition) is 2. The fraction of sp³-hybridized carbons (Fsp3) is 0.870. The standard InChI is InChI=1S/C23H46N4O3/c1-5-7-8-9-10-11-12-13-14-18-21(28)26-20(22(29)30-6-2)17-15-16-19-25-23(24)27(3)4/h20H,5-19H2,1-4H3,(H2,24,25)(H,26,28). The lowest BCUT2D eigenvalue weighted by atomic mass is 10.1. The zero-order valence-electron chi connectivity index (χ0n) is 19.9. The molecular weight excluding hydrogens is 380 g/mol. The van der Waals surface area contributed by atoms with Gasteiger partial charge in [-0.2, -0.15) is 0 Å². The van der Waals surface area contributed by atoms with Crippen molar-refractivity contribution in [2.45, 2.75) is 103 Å². The number of hydrogen-bond acceptors (Lipinski definition) is 4. The number of nitrogens with two attached hydrogens (primary N) is 1. The van der Waals surface area contributed by atoms with Crippen LogP contribution in [0.15, 0.2) is 4.99 Å². The van der Waals surface area contributed by atoms with E-state index in [2.05, 4.69) is 17.2 Å². The number of carbonyl (C=O) groups is 2. The maximum absolute atomic E-state index is 12.3. The first-order chi connectivity index (χ1) is 14.4. The van der Waals surface area contributed by atoms with E-state index in [0.29, 0.717) is 32.0 Å². The van der Waals surface area contributed by atoms with E-state index in [9.17, 15) is 9.59 Å². The van der Waals surface area contributed by atoms with E-state index < -0.39 is 6.04 Å². The molecule has 7 nitrogen and oxygen atoms in total. The van der Waals surface area contributed by atoms with Crippen LogP contribution in [0.3, 0.4) is 0 Å². The van der Waals surface area contributed by atoms with Gasteiger partial charge in [-0.25, -0.2) is 4.79 Å². The van der Waals surface area contributed by atoms with Crippen LogP contribution >= 0.6 is 0 Å². The van der Waals surface area contributed by atoms with Gasteiger partial charge in [-0.1, -0.05) is 58.3 Å². The lowest BCUT2D eigenvalue weighted by Crippen LogP contribution is -2.41. The van der Waals surface area contributed by atoms with Gasteiger partial charge in [0.05, 0.1) is 6.61 Å². The summed E-state index contributed by atoms with van der Waals surface area (Å²) in [6, 6.07) is -0.578. The highest BCUT2D eigenvalue weighted by atomic mass is 16.5. The largest absolute Gasteiger partial charge is 0.464 e. The molecule has 0 aliphatic heterocycles. The third kappa shape index (κ3) is 16.1. The molecule has 0 spiro atoms. The van der Waals surface area contributed by atoms with Crippen LogP contribution in [0.1, 0.15) is 97.3 Å². The summed E-state index contributed by atoms with van der Waals surface area (Å²) in [5.41, 5.74) is 5.76. The van der Waals surface area contributed by atoms with Crippen molar-refractivity contribution in [3.8, 4) is 0 Å². The maximum atomic E-state index is 12.3. The predicted molar refractivity (Wildman–Crippen MR) is 124 cm³/mol. The van der Waals surface area contributed by atoms with Crippen LogP contribution in [0.2, 0.25) is 0 Å². The van der Waals surface area contributed by atoms with E-state index in [1.54, 1.807) is 11.8 Å². The number of nitrogens with zero attached hydrogens (tertiary/aromatic N) is 2. The van der Waals surface area contributed by atoms with E-state index in [-0.39, 0.29) is 11.9 Å². The normalized spacial score (nSPS) is 12.5. The summed E-state index contributed by atoms with van der Waals surface area (Å²) < 4.78 is 5.12. The van der Waals surface area contributed by atoms with Gasteiger partial charge < -0.3 is 20.7 Å². The molecule has 0 aliphatic rings. The maximum Gasteiger partial charge on any atom is 0.328 e. The molecule has 3 N–H and O–H groups in total. The number of guanidine groups is 1. The number of rotatable bonds is 18. The first kappa shape index (κ1) is 28.2. The molecule has 0 heterocycles. The van der Waals surface area contributed by atoms with Crippen molar-refractivity contribution in [2.24, 2.45) is 10.7 Å². The highest BCUT2D eigenvalue weighted by molar-refractivity contribution is 5.84. The third-order valence-electron chi connectivity index (χ3n) is 5.05. The number of aliphatic imine (C=N–C) groups is 1. The lowest BCUT2D eigenvalue weighted by molar-refractivity contribution is -0.147. The number of ether oxygens (including phenoxy) is 1. The Bertz CT molecular complexity index is 481. The van der Waals surface area contributed by atoms with Gasteiger partial charge in [0.25, 0.3) is 0 Å². The second-order valence-electron chi connectivity index (χ2n) is 8.08. The smallest absolute Gasteiger partial charge is 0.328 e. The molecule has 0 fully saturated rings. The Morgan fingerprint density at radius 1 is 0.933 bits per heavy atom. The molecule has 0 aromatic heterocycles. The number of unbranched alkanes of at least 4 members (excludes halogenated alkanes) is 9. The Morgan fingerprint density at radius 3 is 2.10 bits per heavy atom. The molecule has 176 valence electrons. The predicted octanol–water partition coefficient (Wildman–Crippen LogP) is 4.00. The van der Waals surface area contributed by atoms with E-state index in [0.717, 1.165) is 25.7 Å². The lowest BCUT2D eigenvalue weighted by Gasteiger charge is -2.17. The van der Waals surface area contributed by atoms with Crippen LogP contribution in [0, 0.1) is 0 Å². The third-order valence-corrected chi connectivity index (χ3v) is 5.05. The average molecular weight is 427 g/mol. The van der Waals surface area contributed by atoms with Crippen LogP contribution in [-0.4, -0.2) is 56.0 Å². The quantitative estimate of drug-likeness (QED) is 0.149. The van der Waals surface area contributed by atoms with Crippen molar-refractivity contribution in [3.05, 3.63) is 0 Å². The number of amides is 1. The summed E-state index contributed by atoms with van der Waals surface area (Å²) >= 11 is 0. The van der Waals surface area contributed by atoms with Crippen LogP contribution in [0.4, 0.5) is 0 Å². The summed E-state index contributed by atoms with van der Waals surface area (Å²) in [5, 5.41) is 2.86. The van der Waals surface area contributed by atoms with Gasteiger partial charge in [0.15, 0.2) is 5.96 Å². The summed E-state index contributed by atoms with van der Waals surface area (Å²) in [6.07, 6.45) is 13.5. The molecule has 0 radical (unpaired) electrons. The fourth-order valence-electron chi connectivity index (χ4n) is 3.15. The van der Waals surface area contributed by atoms with Gasteiger partial charge >= 0.3 is 5.97 Å². The van der Waals surface area contributed by atoms with Crippen LogP contribution in [-0.2, 0) is 14.3 Å². The highest BCUT2D eigenvalue weighted by Crippen LogP contribution is 2.11. The monoisotopic (exact) mass is 426 g/mol.